The number of carbonyl (C=O) groups excluding carboxylic acids is 1. The van der Waals surface area contributed by atoms with Gasteiger partial charge in [0.2, 0.25) is 0 Å². The van der Waals surface area contributed by atoms with Gasteiger partial charge in [0.15, 0.2) is 5.69 Å². The van der Waals surface area contributed by atoms with Crippen LogP contribution in [0.2, 0.25) is 0 Å². The van der Waals surface area contributed by atoms with Crippen LogP contribution in [0.1, 0.15) is 58.9 Å². The lowest BCUT2D eigenvalue weighted by molar-refractivity contribution is 0.0783. The van der Waals surface area contributed by atoms with Gasteiger partial charge in [-0.25, -0.2) is 4.68 Å². The second-order valence-corrected chi connectivity index (χ2v) is 8.59. The van der Waals surface area contributed by atoms with Crippen molar-refractivity contribution in [3.8, 4) is 11.4 Å². The van der Waals surface area contributed by atoms with Gasteiger partial charge >= 0.3 is 0 Å². The molecule has 1 unspecified atom stereocenters. The zero-order valence-electron chi connectivity index (χ0n) is 18.1. The summed E-state index contributed by atoms with van der Waals surface area (Å²) in [5, 5.41) is 4.88. The van der Waals surface area contributed by atoms with Gasteiger partial charge in [-0.1, -0.05) is 36.8 Å². The Morgan fingerprint density at radius 2 is 1.77 bits per heavy atom. The van der Waals surface area contributed by atoms with E-state index in [2.05, 4.69) is 24.3 Å². The topological polar surface area (TPSA) is 47.4 Å². The van der Waals surface area contributed by atoms with Crippen LogP contribution in [0.15, 0.2) is 54.6 Å². The molecule has 0 spiro atoms. The van der Waals surface area contributed by atoms with Crippen molar-refractivity contribution in [3.05, 3.63) is 77.1 Å². The second-order valence-electron chi connectivity index (χ2n) is 8.59. The number of ether oxygens (including phenoxy) is 1. The molecule has 2 aromatic carbocycles. The third-order valence-electron chi connectivity index (χ3n) is 6.70. The number of hydrogen-bond donors (Lipinski definition) is 0. The lowest BCUT2D eigenvalue weighted by Crippen LogP contribution is -2.29. The Hall–Kier alpha value is -3.08. The van der Waals surface area contributed by atoms with Crippen LogP contribution in [0.3, 0.4) is 0 Å². The fourth-order valence-corrected chi connectivity index (χ4v) is 4.97. The van der Waals surface area contributed by atoms with Crippen LogP contribution in [0, 0.1) is 0 Å². The maximum Gasteiger partial charge on any atom is 0.274 e. The minimum Gasteiger partial charge on any atom is -0.497 e. The van der Waals surface area contributed by atoms with Gasteiger partial charge in [0, 0.05) is 30.3 Å². The summed E-state index contributed by atoms with van der Waals surface area (Å²) in [5.74, 6) is 1.32. The summed E-state index contributed by atoms with van der Waals surface area (Å²) >= 11 is 0. The van der Waals surface area contributed by atoms with Crippen LogP contribution in [0.5, 0.6) is 5.75 Å². The van der Waals surface area contributed by atoms with E-state index in [1.807, 2.05) is 39.9 Å². The minimum absolute atomic E-state index is 0.0869. The third kappa shape index (κ3) is 3.85. The average Bonchev–Trinajstić information content (AvgIpc) is 3.38. The number of fused-ring (bicyclic) bond motifs is 1. The van der Waals surface area contributed by atoms with E-state index in [-0.39, 0.29) is 5.91 Å². The number of para-hydroxylation sites is 1. The van der Waals surface area contributed by atoms with E-state index in [1.165, 1.54) is 23.2 Å². The summed E-state index contributed by atoms with van der Waals surface area (Å²) in [7, 11) is 1.68. The van der Waals surface area contributed by atoms with Crippen LogP contribution < -0.4 is 4.74 Å². The molecule has 31 heavy (non-hydrogen) atoms. The van der Waals surface area contributed by atoms with Gasteiger partial charge in [-0.2, -0.15) is 5.10 Å². The predicted octanol–water partition coefficient (Wildman–Crippen LogP) is 4.78. The first-order valence-electron chi connectivity index (χ1n) is 11.3. The molecule has 2 heterocycles. The molecule has 0 saturated carbocycles. The summed E-state index contributed by atoms with van der Waals surface area (Å²) < 4.78 is 7.29. The van der Waals surface area contributed by atoms with E-state index in [0.29, 0.717) is 11.6 Å². The quantitative estimate of drug-likeness (QED) is 0.576. The van der Waals surface area contributed by atoms with E-state index in [0.717, 1.165) is 56.6 Å². The van der Waals surface area contributed by atoms with E-state index in [9.17, 15) is 4.79 Å². The van der Waals surface area contributed by atoms with Crippen LogP contribution >= 0.6 is 0 Å². The van der Waals surface area contributed by atoms with Gasteiger partial charge in [-0.05, 0) is 61.9 Å². The smallest absolute Gasteiger partial charge is 0.274 e. The Labute approximate surface area is 183 Å². The molecule has 1 saturated heterocycles. The SMILES string of the molecule is COc1ccc(C2CCN(C(=O)c3nn(-c4ccccc4)c4c3CCCCC4)C2)cc1. The first-order valence-corrected chi connectivity index (χ1v) is 11.3. The largest absolute Gasteiger partial charge is 0.497 e. The number of amides is 1. The van der Waals surface area contributed by atoms with E-state index in [1.54, 1.807) is 7.11 Å². The monoisotopic (exact) mass is 415 g/mol. The first-order chi connectivity index (χ1) is 15.2. The Bertz CT molecular complexity index is 1060. The second kappa shape index (κ2) is 8.58. The highest BCUT2D eigenvalue weighted by atomic mass is 16.5. The van der Waals surface area contributed by atoms with Crippen molar-refractivity contribution in [2.24, 2.45) is 0 Å². The van der Waals surface area contributed by atoms with Gasteiger partial charge < -0.3 is 9.64 Å². The molecule has 3 aromatic rings. The lowest BCUT2D eigenvalue weighted by Gasteiger charge is -2.16. The van der Waals surface area contributed by atoms with Gasteiger partial charge in [-0.15, -0.1) is 0 Å². The molecule has 5 nitrogen and oxygen atoms in total. The van der Waals surface area contributed by atoms with Gasteiger partial charge in [0.1, 0.15) is 5.75 Å². The molecule has 0 N–H and O–H groups in total. The van der Waals surface area contributed by atoms with Crippen molar-refractivity contribution in [3.63, 3.8) is 0 Å². The molecule has 1 atom stereocenters. The maximum atomic E-state index is 13.6. The molecule has 1 aromatic heterocycles. The molecule has 1 aliphatic carbocycles. The molecule has 1 fully saturated rings. The number of rotatable bonds is 4. The Balaban J connectivity index is 1.42. The zero-order chi connectivity index (χ0) is 21.2. The molecule has 5 heteroatoms. The fourth-order valence-electron chi connectivity index (χ4n) is 4.97. The molecule has 5 rings (SSSR count). The number of benzene rings is 2. The van der Waals surface area contributed by atoms with Gasteiger partial charge in [0.05, 0.1) is 12.8 Å². The number of nitrogens with zero attached hydrogens (tertiary/aromatic N) is 3. The average molecular weight is 416 g/mol. The van der Waals surface area contributed by atoms with Crippen molar-refractivity contribution in [2.45, 2.75) is 44.4 Å². The fraction of sp³-hybridized carbons (Fsp3) is 0.385. The molecule has 160 valence electrons. The van der Waals surface area contributed by atoms with Gasteiger partial charge in [-0.3, -0.25) is 4.79 Å². The Morgan fingerprint density at radius 3 is 2.55 bits per heavy atom. The number of carbonyl (C=O) groups is 1. The highest BCUT2D eigenvalue weighted by molar-refractivity contribution is 5.94. The van der Waals surface area contributed by atoms with Crippen molar-refractivity contribution in [2.75, 3.05) is 20.2 Å². The summed E-state index contributed by atoms with van der Waals surface area (Å²) in [6.45, 7) is 1.53. The standard InChI is InChI=1S/C26H29N3O2/c1-31-22-14-12-19(13-15-22)20-16-17-28(18-20)26(30)25-23-10-6-3-7-11-24(23)29(27-25)21-8-4-2-5-9-21/h2,4-5,8-9,12-15,20H,3,6-7,10-11,16-18H2,1H3. The van der Waals surface area contributed by atoms with E-state index in [4.69, 9.17) is 9.84 Å². The number of methoxy groups -OCH3 is 1. The summed E-state index contributed by atoms with van der Waals surface area (Å²) in [5.41, 5.74) is 5.36. The third-order valence-corrected chi connectivity index (χ3v) is 6.70. The van der Waals surface area contributed by atoms with Crippen molar-refractivity contribution >= 4 is 5.91 Å². The zero-order valence-corrected chi connectivity index (χ0v) is 18.1. The maximum absolute atomic E-state index is 13.6. The Morgan fingerprint density at radius 1 is 1.00 bits per heavy atom. The van der Waals surface area contributed by atoms with E-state index >= 15 is 0 Å². The summed E-state index contributed by atoms with van der Waals surface area (Å²) in [4.78, 5) is 15.6. The van der Waals surface area contributed by atoms with Crippen LogP contribution in [-0.2, 0) is 12.8 Å². The summed E-state index contributed by atoms with van der Waals surface area (Å²) in [6, 6.07) is 18.5. The number of hydrogen-bond acceptors (Lipinski definition) is 3. The van der Waals surface area contributed by atoms with Crippen molar-refractivity contribution in [1.82, 2.24) is 14.7 Å². The molecule has 2 aliphatic rings. The molecule has 0 radical (unpaired) electrons. The molecule has 1 amide bonds. The first kappa shape index (κ1) is 19.9. The van der Waals surface area contributed by atoms with Crippen LogP contribution in [0.25, 0.3) is 5.69 Å². The molecule has 1 aliphatic heterocycles. The molecular formula is C26H29N3O2. The minimum atomic E-state index is 0.0869. The highest BCUT2D eigenvalue weighted by Crippen LogP contribution is 2.32. The molecule has 0 bridgehead atoms. The molecular weight excluding hydrogens is 386 g/mol. The lowest BCUT2D eigenvalue weighted by atomic mass is 9.98. The van der Waals surface area contributed by atoms with Crippen molar-refractivity contribution in [1.29, 1.82) is 0 Å². The number of likely N-dealkylation sites (tertiary alicyclic amines) is 1. The van der Waals surface area contributed by atoms with Crippen molar-refractivity contribution < 1.29 is 9.53 Å². The van der Waals surface area contributed by atoms with E-state index < -0.39 is 0 Å². The Kier molecular flexibility index (Phi) is 5.49. The number of aromatic nitrogens is 2. The van der Waals surface area contributed by atoms with Crippen LogP contribution in [0.4, 0.5) is 0 Å². The highest BCUT2D eigenvalue weighted by Gasteiger charge is 2.32. The summed E-state index contributed by atoms with van der Waals surface area (Å²) in [6.07, 6.45) is 6.41. The normalized spacial score (nSPS) is 18.5. The predicted molar refractivity (Wildman–Crippen MR) is 121 cm³/mol. The van der Waals surface area contributed by atoms with Crippen LogP contribution in [-0.4, -0.2) is 40.8 Å². The van der Waals surface area contributed by atoms with Gasteiger partial charge in [0.25, 0.3) is 5.91 Å².